The maximum absolute atomic E-state index is 12.1. The Morgan fingerprint density at radius 3 is 1.47 bits per heavy atom. The van der Waals surface area contributed by atoms with E-state index in [-0.39, 0.29) is 25.5 Å². The molecule has 24 heteroatoms. The standard InChI is InChI=1S/C40H75N5O19/c1-33(48)42-37-39(51)38(50)35(32-47)64-40(37)63-7-3-2-4-36(49)41-5-8-52-10-12-54-14-16-56-18-20-58-22-24-60-26-28-62-29-27-61-25-23-59-21-19-57-17-15-55-13-11-53-9-6-45-30-34(31-46)43-44-45/h30,35,37-40,46-47,50-51H,2-29,31-32H2,1H3,(H,41,49)(H,42,48). The lowest BCUT2D eigenvalue weighted by atomic mass is 9.97. The molecule has 1 aromatic rings. The summed E-state index contributed by atoms with van der Waals surface area (Å²) in [7, 11) is 0. The summed E-state index contributed by atoms with van der Waals surface area (Å²) in [6.45, 7) is 11.7. The number of nitrogens with zero attached hydrogens (tertiary/aromatic N) is 3. The van der Waals surface area contributed by atoms with Crippen molar-refractivity contribution in [1.82, 2.24) is 25.6 Å². The smallest absolute Gasteiger partial charge is 0.220 e. The minimum absolute atomic E-state index is 0.128. The monoisotopic (exact) mass is 930 g/mol. The maximum Gasteiger partial charge on any atom is 0.220 e. The van der Waals surface area contributed by atoms with Gasteiger partial charge in [0.2, 0.25) is 11.8 Å². The van der Waals surface area contributed by atoms with Crippen LogP contribution in [0.1, 0.15) is 31.9 Å². The second-order valence-corrected chi connectivity index (χ2v) is 14.0. The molecule has 1 aromatic heterocycles. The highest BCUT2D eigenvalue weighted by molar-refractivity contribution is 5.75. The topological polar surface area (TPSA) is 290 Å². The van der Waals surface area contributed by atoms with E-state index in [1.54, 1.807) is 10.9 Å². The third-order valence-electron chi connectivity index (χ3n) is 8.83. The third-order valence-corrected chi connectivity index (χ3v) is 8.83. The Balaban J connectivity index is 1.19. The molecule has 5 unspecified atom stereocenters. The van der Waals surface area contributed by atoms with E-state index in [1.807, 2.05) is 0 Å². The zero-order valence-electron chi connectivity index (χ0n) is 37.4. The Morgan fingerprint density at radius 1 is 0.625 bits per heavy atom. The van der Waals surface area contributed by atoms with Gasteiger partial charge in [0.15, 0.2) is 6.29 Å². The molecular weight excluding hydrogens is 854 g/mol. The average molecular weight is 930 g/mol. The minimum atomic E-state index is -1.38. The van der Waals surface area contributed by atoms with E-state index in [9.17, 15) is 24.9 Å². The largest absolute Gasteiger partial charge is 0.394 e. The van der Waals surface area contributed by atoms with Crippen LogP contribution in [0.5, 0.6) is 0 Å². The van der Waals surface area contributed by atoms with E-state index in [4.69, 9.17) is 66.7 Å². The van der Waals surface area contributed by atoms with Crippen LogP contribution in [-0.4, -0.2) is 243 Å². The lowest BCUT2D eigenvalue weighted by Crippen LogP contribution is -2.64. The van der Waals surface area contributed by atoms with Gasteiger partial charge in [-0.2, -0.15) is 0 Å². The van der Waals surface area contributed by atoms with E-state index < -0.39 is 43.2 Å². The lowest BCUT2D eigenvalue weighted by Gasteiger charge is -2.42. The highest BCUT2D eigenvalue weighted by Gasteiger charge is 2.45. The van der Waals surface area contributed by atoms with Gasteiger partial charge in [0.1, 0.15) is 30.0 Å². The quantitative estimate of drug-likeness (QED) is 0.0360. The molecule has 0 aliphatic carbocycles. The molecule has 0 spiro atoms. The molecule has 1 aliphatic rings. The number of amides is 2. The van der Waals surface area contributed by atoms with Crippen LogP contribution in [0.3, 0.4) is 0 Å². The normalized spacial score (nSPS) is 18.7. The van der Waals surface area contributed by atoms with Gasteiger partial charge >= 0.3 is 0 Å². The zero-order valence-corrected chi connectivity index (χ0v) is 37.4. The Bertz CT molecular complexity index is 1240. The Morgan fingerprint density at radius 2 is 1.06 bits per heavy atom. The fraction of sp³-hybridized carbons (Fsp3) is 0.900. The number of hydrogen-bond donors (Lipinski definition) is 6. The number of aliphatic hydroxyl groups excluding tert-OH is 4. The predicted molar refractivity (Wildman–Crippen MR) is 223 cm³/mol. The number of carbonyl (C=O) groups excluding carboxylic acids is 2. The molecule has 1 aliphatic heterocycles. The van der Waals surface area contributed by atoms with E-state index in [0.29, 0.717) is 177 Å². The van der Waals surface area contributed by atoms with Crippen LogP contribution >= 0.6 is 0 Å². The zero-order chi connectivity index (χ0) is 46.1. The molecule has 1 saturated heterocycles. The van der Waals surface area contributed by atoms with Crippen molar-refractivity contribution < 1.29 is 91.6 Å². The molecule has 0 radical (unpaired) electrons. The third kappa shape index (κ3) is 30.6. The van der Waals surface area contributed by atoms with Gasteiger partial charge in [0.05, 0.1) is 171 Å². The SMILES string of the molecule is CC(=O)NC1C(OCCCCC(=O)NCCOCCOCCOCCOCCOCCOCCOCCOCCOCCOCCOCCn2cc(CO)nn2)OC(CO)C(O)C1O. The van der Waals surface area contributed by atoms with Gasteiger partial charge in [0, 0.05) is 26.5 Å². The van der Waals surface area contributed by atoms with Gasteiger partial charge in [0.25, 0.3) is 0 Å². The fourth-order valence-corrected chi connectivity index (χ4v) is 5.53. The number of rotatable bonds is 45. The van der Waals surface area contributed by atoms with Gasteiger partial charge in [-0.25, -0.2) is 4.68 Å². The second kappa shape index (κ2) is 40.7. The number of unbranched alkanes of at least 4 members (excludes halogenated alkanes) is 1. The van der Waals surface area contributed by atoms with Crippen molar-refractivity contribution >= 4 is 11.8 Å². The summed E-state index contributed by atoms with van der Waals surface area (Å²) < 4.78 is 73.1. The molecule has 1 fully saturated rings. The number of nitrogens with one attached hydrogen (secondary N) is 2. The number of carbonyl (C=O) groups is 2. The van der Waals surface area contributed by atoms with Crippen LogP contribution in [0, 0.1) is 0 Å². The number of ether oxygens (including phenoxy) is 13. The summed E-state index contributed by atoms with van der Waals surface area (Å²) in [5.41, 5.74) is 0.530. The van der Waals surface area contributed by atoms with Crippen LogP contribution < -0.4 is 10.6 Å². The summed E-state index contributed by atoms with van der Waals surface area (Å²) in [6, 6.07) is -1.000. The average Bonchev–Trinajstić information content (AvgIpc) is 3.76. The van der Waals surface area contributed by atoms with Crippen molar-refractivity contribution in [2.75, 3.05) is 165 Å². The molecule has 5 atom stereocenters. The first-order valence-electron chi connectivity index (χ1n) is 22.0. The van der Waals surface area contributed by atoms with Gasteiger partial charge < -0.3 is 92.6 Å². The van der Waals surface area contributed by atoms with E-state index in [1.165, 1.54) is 6.92 Å². The molecule has 2 rings (SSSR count). The highest BCUT2D eigenvalue weighted by atomic mass is 16.7. The molecule has 0 saturated carbocycles. The number of hydrogen-bond acceptors (Lipinski definition) is 21. The first-order valence-corrected chi connectivity index (χ1v) is 22.0. The van der Waals surface area contributed by atoms with Gasteiger partial charge in [-0.15, -0.1) is 5.10 Å². The molecule has 0 aromatic carbocycles. The van der Waals surface area contributed by atoms with Crippen LogP contribution in [0.25, 0.3) is 0 Å². The fourth-order valence-electron chi connectivity index (χ4n) is 5.53. The molecule has 2 heterocycles. The summed E-state index contributed by atoms with van der Waals surface area (Å²) >= 11 is 0. The van der Waals surface area contributed by atoms with E-state index in [2.05, 4.69) is 20.9 Å². The maximum atomic E-state index is 12.1. The first kappa shape index (κ1) is 57.5. The van der Waals surface area contributed by atoms with Gasteiger partial charge in [-0.1, -0.05) is 5.21 Å². The van der Waals surface area contributed by atoms with Crippen LogP contribution in [0.4, 0.5) is 0 Å². The number of aromatic nitrogens is 3. The van der Waals surface area contributed by atoms with Crippen molar-refractivity contribution in [2.45, 2.75) is 70.0 Å². The Labute approximate surface area is 375 Å². The molecule has 374 valence electrons. The Kier molecular flexibility index (Phi) is 36.5. The molecule has 0 bridgehead atoms. The van der Waals surface area contributed by atoms with Gasteiger partial charge in [-0.05, 0) is 12.8 Å². The number of aliphatic hydroxyl groups is 4. The van der Waals surface area contributed by atoms with Crippen LogP contribution in [-0.2, 0) is 84.3 Å². The molecule has 64 heavy (non-hydrogen) atoms. The second-order valence-electron chi connectivity index (χ2n) is 14.0. The molecule has 24 nitrogen and oxygen atoms in total. The van der Waals surface area contributed by atoms with Crippen molar-refractivity contribution in [3.05, 3.63) is 11.9 Å². The highest BCUT2D eigenvalue weighted by Crippen LogP contribution is 2.22. The van der Waals surface area contributed by atoms with E-state index in [0.717, 1.165) is 0 Å². The first-order chi connectivity index (χ1) is 31.3. The lowest BCUT2D eigenvalue weighted by molar-refractivity contribution is -0.270. The van der Waals surface area contributed by atoms with Crippen molar-refractivity contribution in [3.8, 4) is 0 Å². The van der Waals surface area contributed by atoms with E-state index >= 15 is 0 Å². The molecular formula is C40H75N5O19. The Hall–Kier alpha value is -2.60. The summed E-state index contributed by atoms with van der Waals surface area (Å²) in [4.78, 5) is 23.6. The van der Waals surface area contributed by atoms with Crippen LogP contribution in [0.2, 0.25) is 0 Å². The summed E-state index contributed by atoms with van der Waals surface area (Å²) in [5, 5.41) is 51.7. The van der Waals surface area contributed by atoms with Crippen molar-refractivity contribution in [2.24, 2.45) is 0 Å². The van der Waals surface area contributed by atoms with Crippen LogP contribution in [0.15, 0.2) is 6.20 Å². The van der Waals surface area contributed by atoms with Crippen molar-refractivity contribution in [3.63, 3.8) is 0 Å². The summed E-state index contributed by atoms with van der Waals surface area (Å²) in [6.07, 6.45) is -1.86. The minimum Gasteiger partial charge on any atom is -0.394 e. The molecule has 2 amide bonds. The summed E-state index contributed by atoms with van der Waals surface area (Å²) in [5.74, 6) is -0.560. The predicted octanol–water partition coefficient (Wildman–Crippen LogP) is -2.80. The van der Waals surface area contributed by atoms with Gasteiger partial charge in [-0.3, -0.25) is 9.59 Å². The van der Waals surface area contributed by atoms with Crippen molar-refractivity contribution in [1.29, 1.82) is 0 Å². The molecule has 6 N–H and O–H groups in total.